The Hall–Kier alpha value is -2.41. The Kier molecular flexibility index (Phi) is 7.79. The van der Waals surface area contributed by atoms with Gasteiger partial charge in [0, 0.05) is 31.7 Å². The first-order valence-corrected chi connectivity index (χ1v) is 12.5. The van der Waals surface area contributed by atoms with Gasteiger partial charge in [-0.2, -0.15) is 9.97 Å². The summed E-state index contributed by atoms with van der Waals surface area (Å²) in [7, 11) is 0. The number of aromatic nitrogens is 2. The second kappa shape index (κ2) is 10.9. The molecule has 2 aromatic rings. The highest BCUT2D eigenvalue weighted by atomic mass is 32.1. The highest BCUT2D eigenvalue weighted by Crippen LogP contribution is 2.28. The van der Waals surface area contributed by atoms with Crippen LogP contribution in [-0.4, -0.2) is 40.8 Å². The number of benzene rings is 1. The summed E-state index contributed by atoms with van der Waals surface area (Å²) in [5, 5.41) is 7.20. The number of rotatable bonds is 5. The molecule has 2 fully saturated rings. The number of hydrogen-bond donors (Lipinski definition) is 2. The van der Waals surface area contributed by atoms with Gasteiger partial charge in [0.2, 0.25) is 5.95 Å². The van der Waals surface area contributed by atoms with Crippen molar-refractivity contribution in [1.29, 1.82) is 0 Å². The molecule has 2 aliphatic heterocycles. The summed E-state index contributed by atoms with van der Waals surface area (Å²) in [5.74, 6) is 2.60. The van der Waals surface area contributed by atoms with Gasteiger partial charge in [0.25, 0.3) is 0 Å². The van der Waals surface area contributed by atoms with E-state index in [1.165, 1.54) is 50.5 Å². The second-order valence-electron chi connectivity index (χ2n) is 9.08. The molecule has 0 unspecified atom stereocenters. The molecular formula is C25H36N6S. The van der Waals surface area contributed by atoms with Crippen LogP contribution in [0.2, 0.25) is 0 Å². The van der Waals surface area contributed by atoms with E-state index in [2.05, 4.69) is 52.5 Å². The fraction of sp³-hybridized carbons (Fsp3) is 0.560. The number of nitrogens with one attached hydrogen (secondary N) is 2. The van der Waals surface area contributed by atoms with Crippen molar-refractivity contribution in [1.82, 2.24) is 15.3 Å². The van der Waals surface area contributed by atoms with Gasteiger partial charge in [0.15, 0.2) is 5.11 Å². The second-order valence-corrected chi connectivity index (χ2v) is 9.49. The van der Waals surface area contributed by atoms with Gasteiger partial charge in [-0.15, -0.1) is 0 Å². The molecule has 0 radical (unpaired) electrons. The molecule has 7 heteroatoms. The van der Waals surface area contributed by atoms with Crippen LogP contribution < -0.4 is 20.4 Å². The Balaban J connectivity index is 1.54. The van der Waals surface area contributed by atoms with E-state index in [0.29, 0.717) is 17.1 Å². The van der Waals surface area contributed by atoms with E-state index in [1.54, 1.807) is 0 Å². The van der Waals surface area contributed by atoms with Gasteiger partial charge in [-0.25, -0.2) is 0 Å². The van der Waals surface area contributed by atoms with Gasteiger partial charge in [0.05, 0.1) is 6.04 Å². The van der Waals surface area contributed by atoms with Crippen molar-refractivity contribution in [3.05, 3.63) is 42.0 Å². The van der Waals surface area contributed by atoms with Crippen molar-refractivity contribution in [3.63, 3.8) is 0 Å². The van der Waals surface area contributed by atoms with E-state index < -0.39 is 0 Å². The maximum atomic E-state index is 5.63. The maximum absolute atomic E-state index is 5.63. The third-order valence-electron chi connectivity index (χ3n) is 6.60. The molecule has 1 aromatic carbocycles. The van der Waals surface area contributed by atoms with Crippen molar-refractivity contribution in [2.24, 2.45) is 0 Å². The first kappa shape index (κ1) is 22.8. The molecule has 2 atom stereocenters. The Morgan fingerprint density at radius 3 is 2.38 bits per heavy atom. The molecule has 0 amide bonds. The van der Waals surface area contributed by atoms with Crippen LogP contribution in [0.4, 0.5) is 17.6 Å². The molecule has 0 spiro atoms. The quantitative estimate of drug-likeness (QED) is 0.598. The lowest BCUT2D eigenvalue weighted by molar-refractivity contribution is 0.481. The zero-order valence-electron chi connectivity index (χ0n) is 19.4. The lowest BCUT2D eigenvalue weighted by Crippen LogP contribution is -2.38. The third kappa shape index (κ3) is 5.88. The molecule has 4 rings (SSSR count). The molecule has 0 bridgehead atoms. The van der Waals surface area contributed by atoms with Crippen LogP contribution in [0.5, 0.6) is 0 Å². The van der Waals surface area contributed by atoms with Crippen LogP contribution >= 0.6 is 12.2 Å². The van der Waals surface area contributed by atoms with Crippen LogP contribution in [-0.2, 0) is 0 Å². The van der Waals surface area contributed by atoms with Gasteiger partial charge < -0.3 is 20.4 Å². The lowest BCUT2D eigenvalue weighted by Gasteiger charge is -2.35. The number of thiocarbonyl (C=S) groups is 1. The van der Waals surface area contributed by atoms with Gasteiger partial charge in [0.1, 0.15) is 11.6 Å². The van der Waals surface area contributed by atoms with Crippen molar-refractivity contribution in [2.75, 3.05) is 34.8 Å². The zero-order valence-corrected chi connectivity index (χ0v) is 20.2. The fourth-order valence-corrected chi connectivity index (χ4v) is 4.95. The molecule has 32 heavy (non-hydrogen) atoms. The first-order chi connectivity index (χ1) is 15.6. The Labute approximate surface area is 197 Å². The molecule has 0 aliphatic carbocycles. The third-order valence-corrected chi connectivity index (χ3v) is 6.82. The molecule has 6 nitrogen and oxygen atoms in total. The Morgan fingerprint density at radius 1 is 0.969 bits per heavy atom. The molecule has 0 saturated carbocycles. The molecule has 2 saturated heterocycles. The fourth-order valence-electron chi connectivity index (χ4n) is 4.68. The summed E-state index contributed by atoms with van der Waals surface area (Å²) in [6.45, 7) is 7.57. The maximum Gasteiger partial charge on any atom is 0.232 e. The number of hydrogen-bond acceptors (Lipinski definition) is 5. The molecule has 3 heterocycles. The SMILES string of the molecule is C[C@@H](NC(=S)Nc1nc(N2CCCCCC2)cc(N2CCCC[C@@H]2C)n1)c1ccccc1. The minimum Gasteiger partial charge on any atom is -0.356 e. The van der Waals surface area contributed by atoms with Crippen molar-refractivity contribution >= 4 is 34.9 Å². The molecule has 1 aromatic heterocycles. The average molecular weight is 453 g/mol. The van der Waals surface area contributed by atoms with Crippen LogP contribution in [0.15, 0.2) is 36.4 Å². The predicted octanol–water partition coefficient (Wildman–Crippen LogP) is 5.28. The number of anilines is 3. The van der Waals surface area contributed by atoms with E-state index in [0.717, 1.165) is 31.3 Å². The van der Waals surface area contributed by atoms with Crippen molar-refractivity contribution in [3.8, 4) is 0 Å². The minimum atomic E-state index is 0.103. The van der Waals surface area contributed by atoms with E-state index in [4.69, 9.17) is 22.2 Å². The highest BCUT2D eigenvalue weighted by molar-refractivity contribution is 7.80. The van der Waals surface area contributed by atoms with Gasteiger partial charge in [-0.3, -0.25) is 0 Å². The van der Waals surface area contributed by atoms with Crippen molar-refractivity contribution in [2.45, 2.75) is 70.9 Å². The normalized spacial score (nSPS) is 20.4. The average Bonchev–Trinajstić information content (AvgIpc) is 3.09. The summed E-state index contributed by atoms with van der Waals surface area (Å²) in [5.41, 5.74) is 1.19. The lowest BCUT2D eigenvalue weighted by atomic mass is 10.0. The van der Waals surface area contributed by atoms with Crippen LogP contribution in [0.25, 0.3) is 0 Å². The summed E-state index contributed by atoms with van der Waals surface area (Å²) < 4.78 is 0. The first-order valence-electron chi connectivity index (χ1n) is 12.1. The molecule has 2 N–H and O–H groups in total. The Bertz CT molecular complexity index is 881. The number of nitrogens with zero attached hydrogens (tertiary/aromatic N) is 4. The van der Waals surface area contributed by atoms with Gasteiger partial charge >= 0.3 is 0 Å². The van der Waals surface area contributed by atoms with E-state index in [9.17, 15) is 0 Å². The predicted molar refractivity (Wildman–Crippen MR) is 138 cm³/mol. The monoisotopic (exact) mass is 452 g/mol. The van der Waals surface area contributed by atoms with E-state index >= 15 is 0 Å². The summed E-state index contributed by atoms with van der Waals surface area (Å²) in [6.07, 6.45) is 8.75. The largest absolute Gasteiger partial charge is 0.356 e. The van der Waals surface area contributed by atoms with Gasteiger partial charge in [-0.1, -0.05) is 43.2 Å². The molecular weight excluding hydrogens is 416 g/mol. The standard InChI is InChI=1S/C25H36N6S/c1-19-12-8-11-17-31(19)23-18-22(30-15-9-3-4-10-16-30)27-24(28-23)29-25(32)26-20(2)21-13-6-5-7-14-21/h5-7,13-14,18-20H,3-4,8-12,15-17H2,1-2H3,(H2,26,27,28,29,32)/t19-,20+/m0/s1. The Morgan fingerprint density at radius 2 is 1.66 bits per heavy atom. The van der Waals surface area contributed by atoms with Gasteiger partial charge in [-0.05, 0) is 63.7 Å². The van der Waals surface area contributed by atoms with Crippen molar-refractivity contribution < 1.29 is 0 Å². The molecule has 172 valence electrons. The topological polar surface area (TPSA) is 56.3 Å². The van der Waals surface area contributed by atoms with Crippen LogP contribution in [0, 0.1) is 0 Å². The summed E-state index contributed by atoms with van der Waals surface area (Å²) >= 11 is 5.63. The van der Waals surface area contributed by atoms with E-state index in [1.807, 2.05) is 18.2 Å². The summed E-state index contributed by atoms with van der Waals surface area (Å²) in [6, 6.07) is 13.1. The smallest absolute Gasteiger partial charge is 0.232 e. The highest BCUT2D eigenvalue weighted by Gasteiger charge is 2.23. The van der Waals surface area contributed by atoms with E-state index in [-0.39, 0.29) is 6.04 Å². The minimum absolute atomic E-state index is 0.103. The number of piperidine rings is 1. The van der Waals surface area contributed by atoms with Crippen LogP contribution in [0.1, 0.15) is 70.4 Å². The zero-order chi connectivity index (χ0) is 22.3. The summed E-state index contributed by atoms with van der Waals surface area (Å²) in [4.78, 5) is 14.6. The molecule has 2 aliphatic rings. The van der Waals surface area contributed by atoms with Crippen LogP contribution in [0.3, 0.4) is 0 Å².